The van der Waals surface area contributed by atoms with Crippen molar-refractivity contribution >= 4 is 88.1 Å². The lowest BCUT2D eigenvalue weighted by Gasteiger charge is -2.15. The van der Waals surface area contributed by atoms with E-state index in [2.05, 4.69) is 63.2 Å². The van der Waals surface area contributed by atoms with Gasteiger partial charge in [0.2, 0.25) is 0 Å². The number of carbonyl (C=O) groups excluding carboxylic acids is 1. The molecule has 4 rings (SSSR count). The fraction of sp³-hybridized carbons (Fsp3) is 0.154. The lowest BCUT2D eigenvalue weighted by atomic mass is 10.2. The Hall–Kier alpha value is -2.73. The maximum atomic E-state index is 13.2. The van der Waals surface area contributed by atoms with E-state index in [1.54, 1.807) is 42.5 Å². The second-order valence-electron chi connectivity index (χ2n) is 7.87. The highest BCUT2D eigenvalue weighted by Crippen LogP contribution is 2.42. The minimum atomic E-state index is -0.357. The third-order valence-electron chi connectivity index (χ3n) is 5.36. The molecule has 0 aliphatic carbocycles. The zero-order valence-electron chi connectivity index (χ0n) is 20.1. The largest absolute Gasteiger partial charge is 0.493 e. The molecule has 0 radical (unpaired) electrons. The van der Waals surface area contributed by atoms with Gasteiger partial charge in [-0.3, -0.25) is 9.59 Å². The summed E-state index contributed by atoms with van der Waals surface area (Å²) >= 11 is 16.3. The van der Waals surface area contributed by atoms with Gasteiger partial charge in [0.15, 0.2) is 18.1 Å². The number of nitrogens with one attached hydrogen (secondary N) is 1. The standard InChI is InChI=1S/C26H20Br3ClN4O4/c1-3-21-33-19-9-4-15(27)11-18(19)26(36)34(21)31-12-14-10-20(37-2)25(24(29)23(14)28)38-13-22(35)32-17-7-5-16(30)6-8-17/h4-12H,3,13H2,1-2H3,(H,32,35). The van der Waals surface area contributed by atoms with Crippen molar-refractivity contribution in [2.75, 3.05) is 19.0 Å². The molecule has 1 amide bonds. The Labute approximate surface area is 248 Å². The summed E-state index contributed by atoms with van der Waals surface area (Å²) < 4.78 is 14.5. The molecule has 0 spiro atoms. The summed E-state index contributed by atoms with van der Waals surface area (Å²) in [7, 11) is 1.49. The molecule has 0 saturated heterocycles. The van der Waals surface area contributed by atoms with E-state index in [4.69, 9.17) is 21.1 Å². The highest BCUT2D eigenvalue weighted by atomic mass is 79.9. The SMILES string of the molecule is CCc1nc2ccc(Br)cc2c(=O)n1N=Cc1cc(OC)c(OCC(=O)Nc2ccc(Cl)cc2)c(Br)c1Br. The number of rotatable bonds is 8. The van der Waals surface area contributed by atoms with Crippen LogP contribution in [0, 0.1) is 0 Å². The molecule has 8 nitrogen and oxygen atoms in total. The molecule has 0 aliphatic heterocycles. The predicted molar refractivity (Wildman–Crippen MR) is 160 cm³/mol. The molecule has 0 fully saturated rings. The van der Waals surface area contributed by atoms with E-state index in [-0.39, 0.29) is 18.1 Å². The van der Waals surface area contributed by atoms with Crippen molar-refractivity contribution in [2.24, 2.45) is 5.10 Å². The second-order valence-corrected chi connectivity index (χ2v) is 10.8. The average molecular weight is 728 g/mol. The van der Waals surface area contributed by atoms with Crippen LogP contribution in [0.25, 0.3) is 10.9 Å². The number of hydrogen-bond acceptors (Lipinski definition) is 6. The van der Waals surface area contributed by atoms with Crippen LogP contribution in [0.1, 0.15) is 18.3 Å². The van der Waals surface area contributed by atoms with Gasteiger partial charge < -0.3 is 14.8 Å². The van der Waals surface area contributed by atoms with Crippen molar-refractivity contribution in [3.05, 3.63) is 88.7 Å². The van der Waals surface area contributed by atoms with Gasteiger partial charge in [0.25, 0.3) is 11.5 Å². The first-order chi connectivity index (χ1) is 18.2. The molecule has 0 atom stereocenters. The normalized spacial score (nSPS) is 11.2. The summed E-state index contributed by atoms with van der Waals surface area (Å²) in [6.07, 6.45) is 2.04. The summed E-state index contributed by atoms with van der Waals surface area (Å²) in [5.41, 5.74) is 1.53. The number of methoxy groups -OCH3 is 1. The Balaban J connectivity index is 1.61. The van der Waals surface area contributed by atoms with E-state index in [1.165, 1.54) is 18.0 Å². The Bertz CT molecular complexity index is 1610. The van der Waals surface area contributed by atoms with Crippen LogP contribution in [0.5, 0.6) is 11.5 Å². The lowest BCUT2D eigenvalue weighted by molar-refractivity contribution is -0.118. The first kappa shape index (κ1) is 28.3. The summed E-state index contributed by atoms with van der Waals surface area (Å²) in [6, 6.07) is 13.8. The molecule has 196 valence electrons. The minimum absolute atomic E-state index is 0.259. The third kappa shape index (κ3) is 6.28. The van der Waals surface area contributed by atoms with E-state index in [0.717, 1.165) is 4.47 Å². The fourth-order valence-corrected chi connectivity index (χ4v) is 4.94. The predicted octanol–water partition coefficient (Wildman–Crippen LogP) is 6.81. The number of carbonyl (C=O) groups is 1. The highest BCUT2D eigenvalue weighted by molar-refractivity contribution is 9.13. The van der Waals surface area contributed by atoms with E-state index < -0.39 is 0 Å². The summed E-state index contributed by atoms with van der Waals surface area (Å²) in [4.78, 5) is 30.2. The third-order valence-corrected chi connectivity index (χ3v) is 8.24. The first-order valence-corrected chi connectivity index (χ1v) is 14.0. The first-order valence-electron chi connectivity index (χ1n) is 11.2. The monoisotopic (exact) mass is 724 g/mol. The van der Waals surface area contributed by atoms with Crippen molar-refractivity contribution in [1.82, 2.24) is 9.66 Å². The van der Waals surface area contributed by atoms with Gasteiger partial charge in [-0.1, -0.05) is 34.5 Å². The van der Waals surface area contributed by atoms with Crippen LogP contribution in [-0.2, 0) is 11.2 Å². The quantitative estimate of drug-likeness (QED) is 0.202. The van der Waals surface area contributed by atoms with Crippen molar-refractivity contribution in [3.63, 3.8) is 0 Å². The molecule has 4 aromatic rings. The maximum Gasteiger partial charge on any atom is 0.282 e. The van der Waals surface area contributed by atoms with Gasteiger partial charge in [-0.2, -0.15) is 9.78 Å². The fourth-order valence-electron chi connectivity index (χ4n) is 3.52. The number of amides is 1. The van der Waals surface area contributed by atoms with Crippen LogP contribution >= 0.6 is 59.4 Å². The molecule has 0 unspecified atom stereocenters. The van der Waals surface area contributed by atoms with Gasteiger partial charge in [-0.25, -0.2) is 4.98 Å². The number of nitrogens with zero attached hydrogens (tertiary/aromatic N) is 3. The summed E-state index contributed by atoms with van der Waals surface area (Å²) in [6.45, 7) is 1.65. The number of fused-ring (bicyclic) bond motifs is 1. The van der Waals surface area contributed by atoms with Gasteiger partial charge in [0, 0.05) is 31.6 Å². The summed E-state index contributed by atoms with van der Waals surface area (Å²) in [5.74, 6) is 0.857. The van der Waals surface area contributed by atoms with Gasteiger partial charge in [-0.15, -0.1) is 0 Å². The van der Waals surface area contributed by atoms with Crippen molar-refractivity contribution in [1.29, 1.82) is 0 Å². The van der Waals surface area contributed by atoms with Crippen LogP contribution in [0.2, 0.25) is 5.02 Å². The molecule has 0 saturated carbocycles. The molecular formula is C26H20Br3ClN4O4. The topological polar surface area (TPSA) is 94.8 Å². The molecule has 1 N–H and O–H groups in total. The van der Waals surface area contributed by atoms with E-state index in [1.807, 2.05) is 13.0 Å². The van der Waals surface area contributed by atoms with Crippen molar-refractivity contribution < 1.29 is 14.3 Å². The smallest absolute Gasteiger partial charge is 0.282 e. The van der Waals surface area contributed by atoms with Crippen LogP contribution in [0.3, 0.4) is 0 Å². The zero-order valence-corrected chi connectivity index (χ0v) is 25.6. The number of benzene rings is 3. The lowest BCUT2D eigenvalue weighted by Crippen LogP contribution is -2.22. The number of halogens is 4. The molecule has 38 heavy (non-hydrogen) atoms. The molecule has 1 heterocycles. The highest BCUT2D eigenvalue weighted by Gasteiger charge is 2.18. The number of anilines is 1. The van der Waals surface area contributed by atoms with Crippen LogP contribution in [0.15, 0.2) is 71.8 Å². The second kappa shape index (κ2) is 12.4. The zero-order chi connectivity index (χ0) is 27.4. The number of aromatic nitrogens is 2. The number of ether oxygens (including phenoxy) is 2. The Morgan fingerprint density at radius 1 is 1.13 bits per heavy atom. The van der Waals surface area contributed by atoms with Crippen LogP contribution in [0.4, 0.5) is 5.69 Å². The number of hydrogen-bond donors (Lipinski definition) is 1. The van der Waals surface area contributed by atoms with Crippen molar-refractivity contribution in [2.45, 2.75) is 13.3 Å². The van der Waals surface area contributed by atoms with Gasteiger partial charge in [0.05, 0.1) is 28.7 Å². The molecular weight excluding hydrogens is 707 g/mol. The van der Waals surface area contributed by atoms with E-state index in [0.29, 0.717) is 59.9 Å². The molecule has 3 aromatic carbocycles. The van der Waals surface area contributed by atoms with E-state index in [9.17, 15) is 9.59 Å². The molecule has 1 aromatic heterocycles. The van der Waals surface area contributed by atoms with E-state index >= 15 is 0 Å². The van der Waals surface area contributed by atoms with Gasteiger partial charge in [-0.05, 0) is 80.4 Å². The Morgan fingerprint density at radius 3 is 2.55 bits per heavy atom. The molecule has 0 aliphatic rings. The Morgan fingerprint density at radius 2 is 1.87 bits per heavy atom. The Kier molecular flexibility index (Phi) is 9.24. The molecule has 0 bridgehead atoms. The average Bonchev–Trinajstić information content (AvgIpc) is 2.91. The minimum Gasteiger partial charge on any atom is -0.493 e. The van der Waals surface area contributed by atoms with Crippen LogP contribution in [-0.4, -0.2) is 35.5 Å². The van der Waals surface area contributed by atoms with Gasteiger partial charge >= 0.3 is 0 Å². The molecule has 12 heteroatoms. The van der Waals surface area contributed by atoms with Crippen LogP contribution < -0.4 is 20.3 Å². The maximum absolute atomic E-state index is 13.2. The summed E-state index contributed by atoms with van der Waals surface area (Å²) in [5, 5.41) is 8.20. The van der Waals surface area contributed by atoms with Crippen molar-refractivity contribution in [3.8, 4) is 11.5 Å². The number of aryl methyl sites for hydroxylation is 1. The van der Waals surface area contributed by atoms with Gasteiger partial charge in [0.1, 0.15) is 5.82 Å².